The zero-order valence-corrected chi connectivity index (χ0v) is 11.0. The largest absolute Gasteiger partial charge is 0.349 e. The SMILES string of the molecule is Cc1ccc2nc(NC(C)Cn3cccn3)nn2c1. The van der Waals surface area contributed by atoms with Crippen molar-refractivity contribution < 1.29 is 0 Å². The quantitative estimate of drug-likeness (QED) is 0.772. The summed E-state index contributed by atoms with van der Waals surface area (Å²) in [5, 5.41) is 11.9. The Morgan fingerprint density at radius 3 is 3.05 bits per heavy atom. The summed E-state index contributed by atoms with van der Waals surface area (Å²) in [6, 6.07) is 6.11. The Bertz CT molecular complexity index is 670. The van der Waals surface area contributed by atoms with E-state index in [1.165, 1.54) is 0 Å². The van der Waals surface area contributed by atoms with Crippen LogP contribution >= 0.6 is 0 Å². The van der Waals surface area contributed by atoms with Crippen LogP contribution in [-0.2, 0) is 6.54 Å². The van der Waals surface area contributed by atoms with E-state index in [2.05, 4.69) is 27.4 Å². The Hall–Kier alpha value is -2.37. The van der Waals surface area contributed by atoms with Crippen LogP contribution in [0.15, 0.2) is 36.8 Å². The van der Waals surface area contributed by atoms with Gasteiger partial charge in [-0.3, -0.25) is 4.68 Å². The van der Waals surface area contributed by atoms with Crippen molar-refractivity contribution in [2.24, 2.45) is 0 Å². The number of hydrogen-bond acceptors (Lipinski definition) is 4. The fraction of sp³-hybridized carbons (Fsp3) is 0.308. The van der Waals surface area contributed by atoms with E-state index in [1.54, 1.807) is 10.7 Å². The Balaban J connectivity index is 1.74. The number of fused-ring (bicyclic) bond motifs is 1. The summed E-state index contributed by atoms with van der Waals surface area (Å²) in [6.07, 6.45) is 5.68. The molecule has 1 unspecified atom stereocenters. The van der Waals surface area contributed by atoms with E-state index in [0.29, 0.717) is 5.95 Å². The molecule has 0 bridgehead atoms. The fourth-order valence-electron chi connectivity index (χ4n) is 2.00. The minimum atomic E-state index is 0.207. The van der Waals surface area contributed by atoms with Crippen molar-refractivity contribution in [3.63, 3.8) is 0 Å². The molecule has 6 nitrogen and oxygen atoms in total. The summed E-state index contributed by atoms with van der Waals surface area (Å²) >= 11 is 0. The lowest BCUT2D eigenvalue weighted by Crippen LogP contribution is -2.22. The highest BCUT2D eigenvalue weighted by atomic mass is 15.4. The maximum atomic E-state index is 4.43. The summed E-state index contributed by atoms with van der Waals surface area (Å²) in [4.78, 5) is 4.43. The fourth-order valence-corrected chi connectivity index (χ4v) is 2.00. The lowest BCUT2D eigenvalue weighted by Gasteiger charge is -2.11. The molecule has 0 aliphatic heterocycles. The van der Waals surface area contributed by atoms with Crippen LogP contribution in [0.5, 0.6) is 0 Å². The number of nitrogens with one attached hydrogen (secondary N) is 1. The first-order chi connectivity index (χ1) is 9.20. The van der Waals surface area contributed by atoms with Gasteiger partial charge in [0.2, 0.25) is 5.95 Å². The summed E-state index contributed by atoms with van der Waals surface area (Å²) in [5.41, 5.74) is 2.01. The normalized spacial score (nSPS) is 12.7. The van der Waals surface area contributed by atoms with Crippen molar-refractivity contribution in [1.29, 1.82) is 0 Å². The highest BCUT2D eigenvalue weighted by Crippen LogP contribution is 2.08. The number of pyridine rings is 1. The number of nitrogens with zero attached hydrogens (tertiary/aromatic N) is 5. The second kappa shape index (κ2) is 4.72. The average molecular weight is 256 g/mol. The first kappa shape index (κ1) is 11.7. The molecule has 98 valence electrons. The molecular weight excluding hydrogens is 240 g/mol. The van der Waals surface area contributed by atoms with Gasteiger partial charge >= 0.3 is 0 Å². The zero-order chi connectivity index (χ0) is 13.2. The van der Waals surface area contributed by atoms with Crippen LogP contribution < -0.4 is 5.32 Å². The van der Waals surface area contributed by atoms with Crippen molar-refractivity contribution in [3.8, 4) is 0 Å². The maximum Gasteiger partial charge on any atom is 0.243 e. The predicted octanol–water partition coefficient (Wildman–Crippen LogP) is 1.73. The van der Waals surface area contributed by atoms with Gasteiger partial charge in [0.15, 0.2) is 5.65 Å². The number of aryl methyl sites for hydroxylation is 1. The molecule has 6 heteroatoms. The third kappa shape index (κ3) is 2.57. The zero-order valence-electron chi connectivity index (χ0n) is 11.0. The molecule has 0 radical (unpaired) electrons. The van der Waals surface area contributed by atoms with Crippen LogP contribution in [-0.4, -0.2) is 30.4 Å². The summed E-state index contributed by atoms with van der Waals surface area (Å²) in [7, 11) is 0. The second-order valence-electron chi connectivity index (χ2n) is 4.72. The Morgan fingerprint density at radius 2 is 2.26 bits per heavy atom. The first-order valence-electron chi connectivity index (χ1n) is 6.28. The average Bonchev–Trinajstić information content (AvgIpc) is 2.97. The van der Waals surface area contributed by atoms with Gasteiger partial charge in [-0.2, -0.15) is 10.1 Å². The Kier molecular flexibility index (Phi) is 2.91. The Morgan fingerprint density at radius 1 is 1.37 bits per heavy atom. The van der Waals surface area contributed by atoms with Gasteiger partial charge in [0.25, 0.3) is 0 Å². The second-order valence-corrected chi connectivity index (χ2v) is 4.72. The maximum absolute atomic E-state index is 4.43. The monoisotopic (exact) mass is 256 g/mol. The van der Waals surface area contributed by atoms with Crippen LogP contribution in [0.1, 0.15) is 12.5 Å². The lowest BCUT2D eigenvalue weighted by atomic mass is 10.3. The lowest BCUT2D eigenvalue weighted by molar-refractivity contribution is 0.558. The van der Waals surface area contributed by atoms with Crippen LogP contribution in [0.3, 0.4) is 0 Å². The molecule has 0 aliphatic rings. The van der Waals surface area contributed by atoms with Gasteiger partial charge in [-0.05, 0) is 31.5 Å². The molecule has 0 fully saturated rings. The van der Waals surface area contributed by atoms with E-state index >= 15 is 0 Å². The molecule has 0 amide bonds. The topological polar surface area (TPSA) is 60.0 Å². The van der Waals surface area contributed by atoms with Crippen molar-refractivity contribution in [2.75, 3.05) is 5.32 Å². The number of hydrogen-bond donors (Lipinski definition) is 1. The molecule has 0 saturated heterocycles. The van der Waals surface area contributed by atoms with E-state index in [1.807, 2.05) is 42.2 Å². The molecule has 0 aromatic carbocycles. The standard InChI is InChI=1S/C13H16N6/c1-10-4-5-12-16-13(17-19(12)8-10)15-11(2)9-18-7-3-6-14-18/h3-8,11H,9H2,1-2H3,(H,15,17). The van der Waals surface area contributed by atoms with Gasteiger partial charge in [-0.1, -0.05) is 6.07 Å². The van der Waals surface area contributed by atoms with Gasteiger partial charge in [-0.15, -0.1) is 5.10 Å². The highest BCUT2D eigenvalue weighted by molar-refractivity contribution is 5.44. The third-order valence-electron chi connectivity index (χ3n) is 2.87. The minimum absolute atomic E-state index is 0.207. The van der Waals surface area contributed by atoms with Gasteiger partial charge in [0.05, 0.1) is 6.54 Å². The van der Waals surface area contributed by atoms with Crippen molar-refractivity contribution in [2.45, 2.75) is 26.4 Å². The van der Waals surface area contributed by atoms with Crippen LogP contribution in [0.2, 0.25) is 0 Å². The number of rotatable bonds is 4. The highest BCUT2D eigenvalue weighted by Gasteiger charge is 2.08. The van der Waals surface area contributed by atoms with Crippen LogP contribution in [0, 0.1) is 6.92 Å². The van der Waals surface area contributed by atoms with E-state index in [0.717, 1.165) is 17.8 Å². The first-order valence-corrected chi connectivity index (χ1v) is 6.28. The summed E-state index contributed by atoms with van der Waals surface area (Å²) < 4.78 is 3.68. The molecular formula is C13H16N6. The van der Waals surface area contributed by atoms with Gasteiger partial charge in [0, 0.05) is 24.6 Å². The molecule has 0 saturated carbocycles. The molecule has 0 aliphatic carbocycles. The van der Waals surface area contributed by atoms with Gasteiger partial charge in [-0.25, -0.2) is 4.52 Å². The van der Waals surface area contributed by atoms with E-state index in [-0.39, 0.29) is 6.04 Å². The summed E-state index contributed by atoms with van der Waals surface area (Å²) in [6.45, 7) is 4.90. The molecule has 3 aromatic rings. The molecule has 1 N–H and O–H groups in total. The predicted molar refractivity (Wildman–Crippen MR) is 73.0 cm³/mol. The van der Waals surface area contributed by atoms with E-state index in [9.17, 15) is 0 Å². The van der Waals surface area contributed by atoms with Crippen molar-refractivity contribution in [1.82, 2.24) is 24.4 Å². The minimum Gasteiger partial charge on any atom is -0.349 e. The molecule has 3 rings (SSSR count). The number of aromatic nitrogens is 5. The van der Waals surface area contributed by atoms with E-state index < -0.39 is 0 Å². The molecule has 3 heterocycles. The molecule has 3 aromatic heterocycles. The molecule has 0 spiro atoms. The van der Waals surface area contributed by atoms with Gasteiger partial charge < -0.3 is 5.32 Å². The van der Waals surface area contributed by atoms with Gasteiger partial charge in [0.1, 0.15) is 0 Å². The third-order valence-corrected chi connectivity index (χ3v) is 2.87. The van der Waals surface area contributed by atoms with Crippen molar-refractivity contribution in [3.05, 3.63) is 42.4 Å². The summed E-state index contributed by atoms with van der Waals surface area (Å²) in [5.74, 6) is 0.644. The smallest absolute Gasteiger partial charge is 0.243 e. The van der Waals surface area contributed by atoms with Crippen LogP contribution in [0.4, 0.5) is 5.95 Å². The van der Waals surface area contributed by atoms with Crippen molar-refractivity contribution >= 4 is 11.6 Å². The molecule has 1 atom stereocenters. The number of anilines is 1. The van der Waals surface area contributed by atoms with Crippen LogP contribution in [0.25, 0.3) is 5.65 Å². The molecule has 19 heavy (non-hydrogen) atoms. The Labute approximate surface area is 111 Å². The van der Waals surface area contributed by atoms with E-state index in [4.69, 9.17) is 0 Å².